The number of fused-ring (bicyclic) bond motifs is 3. The van der Waals surface area contributed by atoms with Crippen LogP contribution in [0, 0.1) is 5.92 Å². The van der Waals surface area contributed by atoms with E-state index in [-0.39, 0.29) is 11.8 Å². The van der Waals surface area contributed by atoms with E-state index in [1.165, 1.54) is 21.9 Å². The van der Waals surface area contributed by atoms with Crippen molar-refractivity contribution in [2.75, 3.05) is 6.54 Å². The van der Waals surface area contributed by atoms with Crippen LogP contribution in [0.15, 0.2) is 205 Å². The Hall–Kier alpha value is -7.04. The van der Waals surface area contributed by atoms with Crippen molar-refractivity contribution in [2.45, 2.75) is 11.8 Å². The van der Waals surface area contributed by atoms with Gasteiger partial charge >= 0.3 is 0 Å². The summed E-state index contributed by atoms with van der Waals surface area (Å²) in [4.78, 5) is 20.1. The number of aliphatic imine (C=N–C) groups is 1. The second-order valence-corrected chi connectivity index (χ2v) is 14.2. The SMILES string of the molecule is C1=CC(/C=C/c2ccc(-c3nc(-c4ccc(C5/C=C/C=C\C=C/C=NC5)cc4)nc(-c4cc5ccccc5c5ccccc45)n3)cc2)C(c2ccccc2)C=C1. The summed E-state index contributed by atoms with van der Waals surface area (Å²) < 4.78 is 0. The van der Waals surface area contributed by atoms with Gasteiger partial charge in [0.05, 0.1) is 0 Å². The van der Waals surface area contributed by atoms with Crippen LogP contribution in [0.1, 0.15) is 28.5 Å². The van der Waals surface area contributed by atoms with Gasteiger partial charge in [-0.1, -0.05) is 194 Å². The Morgan fingerprint density at radius 1 is 0.482 bits per heavy atom. The molecule has 1 aliphatic carbocycles. The van der Waals surface area contributed by atoms with E-state index in [0.717, 1.165) is 33.0 Å². The van der Waals surface area contributed by atoms with Gasteiger partial charge < -0.3 is 0 Å². The molecule has 3 unspecified atom stereocenters. The lowest BCUT2D eigenvalue weighted by atomic mass is 9.82. The first kappa shape index (κ1) is 34.7. The first-order valence-electron chi connectivity index (χ1n) is 19.2. The molecule has 1 aromatic heterocycles. The van der Waals surface area contributed by atoms with Gasteiger partial charge in [0, 0.05) is 47.2 Å². The van der Waals surface area contributed by atoms with E-state index >= 15 is 0 Å². The second kappa shape index (κ2) is 16.1. The molecule has 7 aromatic rings. The van der Waals surface area contributed by atoms with E-state index in [4.69, 9.17) is 15.0 Å². The van der Waals surface area contributed by atoms with Gasteiger partial charge in [0.15, 0.2) is 17.5 Å². The van der Waals surface area contributed by atoms with Crippen molar-refractivity contribution < 1.29 is 0 Å². The lowest BCUT2D eigenvalue weighted by Gasteiger charge is -2.21. The van der Waals surface area contributed by atoms with Crippen molar-refractivity contribution in [1.29, 1.82) is 0 Å². The standard InChI is InChI=1S/C52H40N4/c1-2-5-19-44(36-53-34-14-3-1)38-30-32-42(33-31-38)51-54-50(55-52(56-51)49-35-43-18-9-11-21-46(43)47-22-12-13-23-48(47)49)41-28-25-37(26-29-41)24-27-40-17-8-10-20-45(40)39-15-6-4-7-16-39/h1-35,40,44-45H,36H2/b2-1-,14-3-,19-5+,27-24+,53-34?. The molecule has 56 heavy (non-hydrogen) atoms. The summed E-state index contributed by atoms with van der Waals surface area (Å²) in [5, 5.41) is 4.64. The first-order chi connectivity index (χ1) is 27.8. The highest BCUT2D eigenvalue weighted by molar-refractivity contribution is 6.13. The maximum Gasteiger partial charge on any atom is 0.164 e. The average Bonchev–Trinajstić information content (AvgIpc) is 3.27. The van der Waals surface area contributed by atoms with Crippen LogP contribution in [0.4, 0.5) is 0 Å². The van der Waals surface area contributed by atoms with Crippen molar-refractivity contribution in [3.05, 3.63) is 217 Å². The Balaban J connectivity index is 1.09. The molecule has 1 aliphatic heterocycles. The first-order valence-corrected chi connectivity index (χ1v) is 19.2. The Morgan fingerprint density at radius 2 is 1.11 bits per heavy atom. The highest BCUT2D eigenvalue weighted by Crippen LogP contribution is 2.36. The van der Waals surface area contributed by atoms with Crippen LogP contribution in [0.2, 0.25) is 0 Å². The molecule has 0 saturated carbocycles. The summed E-state index contributed by atoms with van der Waals surface area (Å²) in [6.45, 7) is 0.677. The number of allylic oxidation sites excluding steroid dienone is 10. The Bertz CT molecular complexity index is 2710. The molecule has 4 nitrogen and oxygen atoms in total. The summed E-state index contributed by atoms with van der Waals surface area (Å²) in [6.07, 6.45) is 27.5. The van der Waals surface area contributed by atoms with Gasteiger partial charge in [-0.2, -0.15) is 0 Å². The lowest BCUT2D eigenvalue weighted by Crippen LogP contribution is -2.08. The molecular weight excluding hydrogens is 681 g/mol. The smallest absolute Gasteiger partial charge is 0.164 e. The normalized spacial score (nSPS) is 19.7. The number of aromatic nitrogens is 3. The minimum atomic E-state index is 0.160. The molecular formula is C52H40N4. The summed E-state index contributed by atoms with van der Waals surface area (Å²) in [5.41, 5.74) is 6.48. The fraction of sp³-hybridized carbons (Fsp3) is 0.0769. The minimum absolute atomic E-state index is 0.160. The molecule has 0 fully saturated rings. The summed E-state index contributed by atoms with van der Waals surface area (Å²) in [7, 11) is 0. The number of nitrogens with zero attached hydrogens (tertiary/aromatic N) is 4. The predicted octanol–water partition coefficient (Wildman–Crippen LogP) is 12.6. The van der Waals surface area contributed by atoms with Crippen molar-refractivity contribution in [1.82, 2.24) is 15.0 Å². The third kappa shape index (κ3) is 7.51. The van der Waals surface area contributed by atoms with Gasteiger partial charge in [0.2, 0.25) is 0 Å². The van der Waals surface area contributed by atoms with Crippen LogP contribution in [0.25, 0.3) is 61.8 Å². The highest BCUT2D eigenvalue weighted by Gasteiger charge is 2.19. The van der Waals surface area contributed by atoms with E-state index in [9.17, 15) is 0 Å². The summed E-state index contributed by atoms with van der Waals surface area (Å²) in [6, 6.07) is 47.1. The Kier molecular flexibility index (Phi) is 10.0. The van der Waals surface area contributed by atoms with Crippen LogP contribution in [-0.4, -0.2) is 27.7 Å². The van der Waals surface area contributed by atoms with Crippen LogP contribution in [-0.2, 0) is 0 Å². The van der Waals surface area contributed by atoms with E-state index in [0.29, 0.717) is 29.9 Å². The van der Waals surface area contributed by atoms with Crippen molar-refractivity contribution in [3.8, 4) is 34.2 Å². The summed E-state index contributed by atoms with van der Waals surface area (Å²) in [5.74, 6) is 2.66. The van der Waals surface area contributed by atoms with Crippen LogP contribution < -0.4 is 0 Å². The third-order valence-electron chi connectivity index (χ3n) is 10.6. The quantitative estimate of drug-likeness (QED) is 0.154. The van der Waals surface area contributed by atoms with Crippen LogP contribution in [0.5, 0.6) is 0 Å². The highest BCUT2D eigenvalue weighted by atomic mass is 15.0. The number of rotatable bonds is 7. The molecule has 9 rings (SSSR count). The summed E-state index contributed by atoms with van der Waals surface area (Å²) >= 11 is 0. The minimum Gasteiger partial charge on any atom is -0.292 e. The second-order valence-electron chi connectivity index (χ2n) is 14.2. The van der Waals surface area contributed by atoms with Crippen molar-refractivity contribution in [3.63, 3.8) is 0 Å². The molecule has 0 bridgehead atoms. The fourth-order valence-electron chi connectivity index (χ4n) is 7.61. The molecule has 0 N–H and O–H groups in total. The molecule has 0 amide bonds. The molecule has 2 heterocycles. The van der Waals surface area contributed by atoms with Crippen LogP contribution >= 0.6 is 0 Å². The van der Waals surface area contributed by atoms with Gasteiger partial charge in [-0.3, -0.25) is 4.99 Å². The largest absolute Gasteiger partial charge is 0.292 e. The molecule has 2 aliphatic rings. The Labute approximate surface area is 328 Å². The molecule has 0 spiro atoms. The van der Waals surface area contributed by atoms with Gasteiger partial charge in [0.1, 0.15) is 0 Å². The number of hydrogen-bond donors (Lipinski definition) is 0. The van der Waals surface area contributed by atoms with Crippen molar-refractivity contribution >= 4 is 33.8 Å². The predicted molar refractivity (Wildman–Crippen MR) is 235 cm³/mol. The molecule has 0 radical (unpaired) electrons. The monoisotopic (exact) mass is 720 g/mol. The zero-order valence-corrected chi connectivity index (χ0v) is 30.9. The fourth-order valence-corrected chi connectivity index (χ4v) is 7.61. The van der Waals surface area contributed by atoms with Gasteiger partial charge in [0.25, 0.3) is 0 Å². The Morgan fingerprint density at radius 3 is 1.91 bits per heavy atom. The van der Waals surface area contributed by atoms with Gasteiger partial charge in [-0.15, -0.1) is 0 Å². The molecule has 3 atom stereocenters. The maximum atomic E-state index is 5.18. The average molecular weight is 721 g/mol. The van der Waals surface area contributed by atoms with E-state index < -0.39 is 0 Å². The van der Waals surface area contributed by atoms with Crippen molar-refractivity contribution in [2.24, 2.45) is 10.9 Å². The number of benzene rings is 6. The van der Waals surface area contributed by atoms with Gasteiger partial charge in [-0.25, -0.2) is 15.0 Å². The topological polar surface area (TPSA) is 51.0 Å². The van der Waals surface area contributed by atoms with Gasteiger partial charge in [-0.05, 0) is 50.4 Å². The van der Waals surface area contributed by atoms with E-state index in [2.05, 4.69) is 193 Å². The lowest BCUT2D eigenvalue weighted by molar-refractivity contribution is 0.702. The molecule has 4 heteroatoms. The van der Waals surface area contributed by atoms with E-state index in [1.54, 1.807) is 0 Å². The van der Waals surface area contributed by atoms with E-state index in [1.807, 2.05) is 24.4 Å². The zero-order valence-electron chi connectivity index (χ0n) is 30.9. The zero-order chi connectivity index (χ0) is 37.5. The molecule has 0 saturated heterocycles. The molecule has 6 aromatic carbocycles. The third-order valence-corrected chi connectivity index (χ3v) is 10.6. The maximum absolute atomic E-state index is 5.18. The van der Waals surface area contributed by atoms with Crippen LogP contribution in [0.3, 0.4) is 0 Å². The molecule has 268 valence electrons. The number of hydrogen-bond acceptors (Lipinski definition) is 4.